The molecule has 0 spiro atoms. The van der Waals surface area contributed by atoms with Crippen LogP contribution in [0.3, 0.4) is 0 Å². The van der Waals surface area contributed by atoms with Crippen LogP contribution in [0.5, 0.6) is 0 Å². The number of hydrogen-bond donors (Lipinski definition) is 1. The van der Waals surface area contributed by atoms with E-state index >= 15 is 0 Å². The average Bonchev–Trinajstić information content (AvgIpc) is 3.15. The van der Waals surface area contributed by atoms with Crippen LogP contribution in [0.4, 0.5) is 0 Å². The quantitative estimate of drug-likeness (QED) is 0.811. The smallest absolute Gasteiger partial charge is 0.249 e. The highest BCUT2D eigenvalue weighted by molar-refractivity contribution is 7.91. The van der Waals surface area contributed by atoms with Crippen LogP contribution >= 0.6 is 0 Å². The zero-order valence-corrected chi connectivity index (χ0v) is 13.5. The molecule has 1 saturated carbocycles. The van der Waals surface area contributed by atoms with E-state index < -0.39 is 9.84 Å². The van der Waals surface area contributed by atoms with Gasteiger partial charge < -0.3 is 5.32 Å². The van der Waals surface area contributed by atoms with Gasteiger partial charge in [-0.3, -0.25) is 9.36 Å². The molecule has 0 saturated heterocycles. The Kier molecular flexibility index (Phi) is 4.65. The van der Waals surface area contributed by atoms with E-state index in [2.05, 4.69) is 15.5 Å². The predicted molar refractivity (Wildman–Crippen MR) is 77.7 cm³/mol. The van der Waals surface area contributed by atoms with Crippen molar-refractivity contribution in [2.45, 2.75) is 56.6 Å². The van der Waals surface area contributed by atoms with E-state index in [1.807, 2.05) is 13.8 Å². The van der Waals surface area contributed by atoms with E-state index in [0.29, 0.717) is 0 Å². The first kappa shape index (κ1) is 15.9. The molecular weight excluding hydrogens is 292 g/mol. The number of carbonyl (C=O) groups is 1. The van der Waals surface area contributed by atoms with Crippen LogP contribution < -0.4 is 5.32 Å². The molecule has 7 nitrogen and oxygen atoms in total. The van der Waals surface area contributed by atoms with Crippen LogP contribution in [0.15, 0.2) is 5.16 Å². The third-order valence-corrected chi connectivity index (χ3v) is 5.15. The van der Waals surface area contributed by atoms with Crippen molar-refractivity contribution < 1.29 is 13.2 Å². The van der Waals surface area contributed by atoms with Crippen molar-refractivity contribution in [3.63, 3.8) is 0 Å². The number of sulfone groups is 1. The molecule has 1 N–H and O–H groups in total. The third kappa shape index (κ3) is 3.61. The molecule has 1 aromatic heterocycles. The van der Waals surface area contributed by atoms with Gasteiger partial charge in [-0.1, -0.05) is 13.8 Å². The summed E-state index contributed by atoms with van der Waals surface area (Å²) in [6.45, 7) is 3.95. The van der Waals surface area contributed by atoms with Crippen molar-refractivity contribution in [1.82, 2.24) is 20.1 Å². The second kappa shape index (κ2) is 6.13. The fraction of sp³-hybridized carbons (Fsp3) is 0.769. The van der Waals surface area contributed by atoms with Crippen LogP contribution in [0, 0.1) is 0 Å². The SMILES string of the molecule is CNC(=O)CCCS(=O)(=O)c1nnc(C(C)C)n1C1CC1. The Morgan fingerprint density at radius 2 is 2.05 bits per heavy atom. The number of carbonyl (C=O) groups excluding carboxylic acids is 1. The van der Waals surface area contributed by atoms with Gasteiger partial charge in [0.2, 0.25) is 20.9 Å². The number of nitrogens with zero attached hydrogens (tertiary/aromatic N) is 3. The molecule has 1 aromatic rings. The van der Waals surface area contributed by atoms with Crippen molar-refractivity contribution in [3.8, 4) is 0 Å². The number of amides is 1. The van der Waals surface area contributed by atoms with Gasteiger partial charge in [-0.15, -0.1) is 10.2 Å². The van der Waals surface area contributed by atoms with E-state index in [-0.39, 0.29) is 41.6 Å². The van der Waals surface area contributed by atoms with Crippen molar-refractivity contribution >= 4 is 15.7 Å². The van der Waals surface area contributed by atoms with Gasteiger partial charge in [-0.2, -0.15) is 0 Å². The highest BCUT2D eigenvalue weighted by Crippen LogP contribution is 2.39. The number of nitrogens with one attached hydrogen (secondary N) is 1. The average molecular weight is 314 g/mol. The summed E-state index contributed by atoms with van der Waals surface area (Å²) in [5, 5.41) is 10.5. The molecule has 2 rings (SSSR count). The minimum atomic E-state index is -3.50. The number of aromatic nitrogens is 3. The summed E-state index contributed by atoms with van der Waals surface area (Å²) in [4.78, 5) is 11.2. The molecule has 1 fully saturated rings. The standard InChI is InChI=1S/C13H22N4O3S/c1-9(2)12-15-16-13(17(12)10-6-7-10)21(19,20)8-4-5-11(18)14-3/h9-10H,4-8H2,1-3H3,(H,14,18). The minimum absolute atomic E-state index is 0.0607. The van der Waals surface area contributed by atoms with Gasteiger partial charge in [0.25, 0.3) is 0 Å². The largest absolute Gasteiger partial charge is 0.359 e. The van der Waals surface area contributed by atoms with Gasteiger partial charge in [0.15, 0.2) is 0 Å². The summed E-state index contributed by atoms with van der Waals surface area (Å²) < 4.78 is 26.6. The Bertz CT molecular complexity index is 617. The Morgan fingerprint density at radius 1 is 1.38 bits per heavy atom. The Balaban J connectivity index is 2.18. The van der Waals surface area contributed by atoms with Gasteiger partial charge in [0.1, 0.15) is 5.82 Å². The second-order valence-corrected chi connectivity index (χ2v) is 7.70. The summed E-state index contributed by atoms with van der Waals surface area (Å²) in [5.74, 6) is 0.621. The lowest BCUT2D eigenvalue weighted by Crippen LogP contribution is -2.20. The molecule has 1 aliphatic rings. The summed E-state index contributed by atoms with van der Waals surface area (Å²) in [5.41, 5.74) is 0. The van der Waals surface area contributed by atoms with Crippen LogP contribution in [0.1, 0.15) is 57.3 Å². The zero-order chi connectivity index (χ0) is 15.6. The summed E-state index contributed by atoms with van der Waals surface area (Å²) in [6, 6.07) is 0.209. The van der Waals surface area contributed by atoms with Gasteiger partial charge >= 0.3 is 0 Å². The lowest BCUT2D eigenvalue weighted by Gasteiger charge is -2.11. The summed E-state index contributed by atoms with van der Waals surface area (Å²) in [7, 11) is -1.97. The zero-order valence-electron chi connectivity index (χ0n) is 12.7. The predicted octanol–water partition coefficient (Wildman–Crippen LogP) is 1.04. The molecular formula is C13H22N4O3S. The van der Waals surface area contributed by atoms with E-state index in [1.165, 1.54) is 7.05 Å². The highest BCUT2D eigenvalue weighted by Gasteiger charge is 2.34. The molecule has 1 amide bonds. The third-order valence-electron chi connectivity index (χ3n) is 3.49. The maximum atomic E-state index is 12.4. The second-order valence-electron chi connectivity index (χ2n) is 5.69. The molecule has 118 valence electrons. The molecule has 0 atom stereocenters. The van der Waals surface area contributed by atoms with Gasteiger partial charge in [-0.25, -0.2) is 8.42 Å². The van der Waals surface area contributed by atoms with Crippen LogP contribution in [-0.4, -0.2) is 41.9 Å². The molecule has 0 unspecified atom stereocenters. The van der Waals surface area contributed by atoms with E-state index in [9.17, 15) is 13.2 Å². The van der Waals surface area contributed by atoms with Gasteiger partial charge in [-0.05, 0) is 19.3 Å². The van der Waals surface area contributed by atoms with Crippen molar-refractivity contribution in [2.24, 2.45) is 0 Å². The molecule has 1 aliphatic carbocycles. The van der Waals surface area contributed by atoms with Gasteiger partial charge in [0, 0.05) is 25.4 Å². The molecule has 0 radical (unpaired) electrons. The lowest BCUT2D eigenvalue weighted by molar-refractivity contribution is -0.120. The van der Waals surface area contributed by atoms with Crippen molar-refractivity contribution in [3.05, 3.63) is 5.82 Å². The number of hydrogen-bond acceptors (Lipinski definition) is 5. The van der Waals surface area contributed by atoms with Gasteiger partial charge in [0.05, 0.1) is 5.75 Å². The van der Waals surface area contributed by atoms with E-state index in [4.69, 9.17) is 0 Å². The first-order chi connectivity index (χ1) is 9.86. The lowest BCUT2D eigenvalue weighted by atomic mass is 10.2. The number of rotatable bonds is 7. The molecule has 0 aromatic carbocycles. The topological polar surface area (TPSA) is 93.9 Å². The van der Waals surface area contributed by atoms with Crippen molar-refractivity contribution in [2.75, 3.05) is 12.8 Å². The molecule has 0 aliphatic heterocycles. The molecule has 1 heterocycles. The Labute approximate surface area is 125 Å². The fourth-order valence-corrected chi connectivity index (χ4v) is 3.62. The summed E-state index contributed by atoms with van der Waals surface area (Å²) >= 11 is 0. The molecule has 0 bridgehead atoms. The van der Waals surface area contributed by atoms with Crippen molar-refractivity contribution in [1.29, 1.82) is 0 Å². The van der Waals surface area contributed by atoms with E-state index in [0.717, 1.165) is 18.7 Å². The maximum absolute atomic E-state index is 12.4. The fourth-order valence-electron chi connectivity index (χ4n) is 2.21. The van der Waals surface area contributed by atoms with Crippen LogP contribution in [0.2, 0.25) is 0 Å². The maximum Gasteiger partial charge on any atom is 0.249 e. The first-order valence-electron chi connectivity index (χ1n) is 7.25. The Hall–Kier alpha value is -1.44. The van der Waals surface area contributed by atoms with Crippen LogP contribution in [0.25, 0.3) is 0 Å². The normalized spacial score (nSPS) is 15.4. The monoisotopic (exact) mass is 314 g/mol. The molecule has 21 heavy (non-hydrogen) atoms. The first-order valence-corrected chi connectivity index (χ1v) is 8.90. The van der Waals surface area contributed by atoms with E-state index in [1.54, 1.807) is 4.57 Å². The van der Waals surface area contributed by atoms with Crippen LogP contribution in [-0.2, 0) is 14.6 Å². The minimum Gasteiger partial charge on any atom is -0.359 e. The molecule has 8 heteroatoms. The highest BCUT2D eigenvalue weighted by atomic mass is 32.2. The summed E-state index contributed by atoms with van der Waals surface area (Å²) in [6.07, 6.45) is 2.43. The Morgan fingerprint density at radius 3 is 2.57 bits per heavy atom.